The van der Waals surface area contributed by atoms with Crippen LogP contribution in [0, 0.1) is 3.57 Å². The van der Waals surface area contributed by atoms with Crippen LogP contribution in [0.1, 0.15) is 17.2 Å². The lowest BCUT2D eigenvalue weighted by Crippen LogP contribution is -2.02. The average Bonchev–Trinajstić information content (AvgIpc) is 2.48. The second-order valence-corrected chi connectivity index (χ2v) is 6.61. The lowest BCUT2D eigenvalue weighted by atomic mass is 10.0. The van der Waals surface area contributed by atoms with E-state index < -0.39 is 6.10 Å². The third-order valence-corrected chi connectivity index (χ3v) is 4.66. The lowest BCUT2D eigenvalue weighted by Gasteiger charge is -2.14. The molecule has 0 aliphatic heterocycles. The van der Waals surface area contributed by atoms with Crippen molar-refractivity contribution in [2.75, 3.05) is 0 Å². The molecule has 1 aromatic heterocycles. The summed E-state index contributed by atoms with van der Waals surface area (Å²) in [5.41, 5.74) is 2.63. The molecule has 1 unspecified atom stereocenters. The van der Waals surface area contributed by atoms with Crippen LogP contribution in [-0.4, -0.2) is 10.1 Å². The Morgan fingerprint density at radius 1 is 1.10 bits per heavy atom. The molecule has 1 atom stereocenters. The van der Waals surface area contributed by atoms with Crippen molar-refractivity contribution in [3.8, 4) is 0 Å². The highest BCUT2D eigenvalue weighted by atomic mass is 127. The number of nitrogens with zero attached hydrogens (tertiary/aromatic N) is 1. The molecule has 20 heavy (non-hydrogen) atoms. The Hall–Kier alpha value is -0.980. The Morgan fingerprint density at radius 2 is 1.90 bits per heavy atom. The highest BCUT2D eigenvalue weighted by Crippen LogP contribution is 2.29. The molecule has 0 fully saturated rings. The molecule has 0 amide bonds. The van der Waals surface area contributed by atoms with Crippen molar-refractivity contribution < 1.29 is 5.11 Å². The first-order chi connectivity index (χ1) is 9.65. The van der Waals surface area contributed by atoms with Crippen LogP contribution in [0.25, 0.3) is 10.9 Å². The second-order valence-electron chi connectivity index (χ2n) is 4.53. The molecule has 3 aromatic rings. The Morgan fingerprint density at radius 3 is 2.75 bits per heavy atom. The van der Waals surface area contributed by atoms with Gasteiger partial charge in [-0.1, -0.05) is 34.1 Å². The van der Waals surface area contributed by atoms with E-state index in [9.17, 15) is 5.11 Å². The summed E-state index contributed by atoms with van der Waals surface area (Å²) in [6.45, 7) is 0. The summed E-state index contributed by atoms with van der Waals surface area (Å²) in [7, 11) is 0. The number of aromatic nitrogens is 1. The summed E-state index contributed by atoms with van der Waals surface area (Å²) >= 11 is 5.68. The van der Waals surface area contributed by atoms with Crippen molar-refractivity contribution in [3.05, 3.63) is 73.9 Å². The first kappa shape index (κ1) is 14.0. The van der Waals surface area contributed by atoms with Gasteiger partial charge in [-0.05, 0) is 58.5 Å². The van der Waals surface area contributed by atoms with Crippen molar-refractivity contribution >= 4 is 49.4 Å². The van der Waals surface area contributed by atoms with Gasteiger partial charge in [0.15, 0.2) is 0 Å². The number of aliphatic hydroxyl groups excluding tert-OH is 1. The quantitative estimate of drug-likeness (QED) is 0.588. The zero-order valence-corrected chi connectivity index (χ0v) is 14.2. The Balaban J connectivity index is 2.07. The maximum absolute atomic E-state index is 10.6. The van der Waals surface area contributed by atoms with Crippen molar-refractivity contribution in [1.82, 2.24) is 4.98 Å². The predicted octanol–water partition coefficient (Wildman–Crippen LogP) is 4.68. The molecule has 3 rings (SSSR count). The Labute approximate surface area is 139 Å². The van der Waals surface area contributed by atoms with Gasteiger partial charge in [0.05, 0.1) is 5.52 Å². The summed E-state index contributed by atoms with van der Waals surface area (Å²) in [4.78, 5) is 4.41. The molecule has 0 radical (unpaired) electrons. The molecule has 2 nitrogen and oxygen atoms in total. The molecule has 0 saturated carbocycles. The number of halogens is 2. The molecule has 100 valence electrons. The fraction of sp³-hybridized carbons (Fsp3) is 0.0625. The van der Waals surface area contributed by atoms with E-state index in [0.29, 0.717) is 0 Å². The minimum Gasteiger partial charge on any atom is -0.384 e. The second kappa shape index (κ2) is 5.79. The SMILES string of the molecule is OC(c1cnc2ccccc2c1)c1cc(Br)ccc1I. The van der Waals surface area contributed by atoms with Gasteiger partial charge < -0.3 is 5.11 Å². The summed E-state index contributed by atoms with van der Waals surface area (Å²) in [5, 5.41) is 11.6. The number of fused-ring (bicyclic) bond motifs is 1. The van der Waals surface area contributed by atoms with E-state index in [-0.39, 0.29) is 0 Å². The van der Waals surface area contributed by atoms with E-state index in [0.717, 1.165) is 30.1 Å². The van der Waals surface area contributed by atoms with Crippen LogP contribution >= 0.6 is 38.5 Å². The number of hydrogen-bond donors (Lipinski definition) is 1. The standard InChI is InChI=1S/C16H11BrINO/c17-12-5-6-14(18)13(8-12)16(20)11-7-10-3-1-2-4-15(10)19-9-11/h1-9,16,20H. The average molecular weight is 440 g/mol. The molecular weight excluding hydrogens is 429 g/mol. The predicted molar refractivity (Wildman–Crippen MR) is 92.7 cm³/mol. The van der Waals surface area contributed by atoms with Crippen LogP contribution in [0.3, 0.4) is 0 Å². The molecule has 2 aromatic carbocycles. The molecule has 0 aliphatic carbocycles. The minimum atomic E-state index is -0.670. The van der Waals surface area contributed by atoms with Gasteiger partial charge >= 0.3 is 0 Å². The van der Waals surface area contributed by atoms with Gasteiger partial charge in [0.2, 0.25) is 0 Å². The highest BCUT2D eigenvalue weighted by Gasteiger charge is 2.15. The normalized spacial score (nSPS) is 12.6. The van der Waals surface area contributed by atoms with E-state index in [1.54, 1.807) is 6.20 Å². The van der Waals surface area contributed by atoms with Crippen molar-refractivity contribution in [2.24, 2.45) is 0 Å². The van der Waals surface area contributed by atoms with Gasteiger partial charge in [0.25, 0.3) is 0 Å². The third-order valence-electron chi connectivity index (χ3n) is 3.18. The van der Waals surface area contributed by atoms with Crippen LogP contribution in [-0.2, 0) is 0 Å². The molecule has 1 N–H and O–H groups in total. The molecule has 0 bridgehead atoms. The maximum Gasteiger partial charge on any atom is 0.107 e. The van der Waals surface area contributed by atoms with Gasteiger partial charge in [-0.25, -0.2) is 0 Å². The molecule has 0 spiro atoms. The zero-order chi connectivity index (χ0) is 14.1. The highest BCUT2D eigenvalue weighted by molar-refractivity contribution is 14.1. The number of aliphatic hydroxyl groups is 1. The topological polar surface area (TPSA) is 33.1 Å². The van der Waals surface area contributed by atoms with Crippen molar-refractivity contribution in [3.63, 3.8) is 0 Å². The van der Waals surface area contributed by atoms with Crippen LogP contribution in [0.5, 0.6) is 0 Å². The zero-order valence-electron chi connectivity index (χ0n) is 10.4. The van der Waals surface area contributed by atoms with E-state index in [1.165, 1.54) is 0 Å². The molecule has 1 heterocycles. The maximum atomic E-state index is 10.6. The fourth-order valence-corrected chi connectivity index (χ4v) is 3.15. The number of para-hydroxylation sites is 1. The summed E-state index contributed by atoms with van der Waals surface area (Å²) in [6, 6.07) is 15.8. The summed E-state index contributed by atoms with van der Waals surface area (Å²) < 4.78 is 1.99. The molecule has 4 heteroatoms. The van der Waals surface area contributed by atoms with Gasteiger partial charge in [0.1, 0.15) is 6.10 Å². The van der Waals surface area contributed by atoms with Crippen LogP contribution < -0.4 is 0 Å². The fourth-order valence-electron chi connectivity index (χ4n) is 2.14. The number of benzene rings is 2. The van der Waals surface area contributed by atoms with E-state index in [1.807, 2.05) is 48.5 Å². The van der Waals surface area contributed by atoms with Crippen molar-refractivity contribution in [2.45, 2.75) is 6.10 Å². The smallest absolute Gasteiger partial charge is 0.107 e. The molecular formula is C16H11BrINO. The summed E-state index contributed by atoms with van der Waals surface area (Å²) in [6.07, 6.45) is 1.07. The van der Waals surface area contributed by atoms with E-state index in [4.69, 9.17) is 0 Å². The Kier molecular flexibility index (Phi) is 4.05. The third kappa shape index (κ3) is 2.73. The first-order valence-corrected chi connectivity index (χ1v) is 8.00. The summed E-state index contributed by atoms with van der Waals surface area (Å²) in [5.74, 6) is 0. The van der Waals surface area contributed by atoms with E-state index in [2.05, 4.69) is 43.5 Å². The largest absolute Gasteiger partial charge is 0.384 e. The number of pyridine rings is 1. The van der Waals surface area contributed by atoms with Crippen LogP contribution in [0.15, 0.2) is 59.2 Å². The minimum absolute atomic E-state index is 0.670. The molecule has 0 saturated heterocycles. The van der Waals surface area contributed by atoms with Crippen LogP contribution in [0.2, 0.25) is 0 Å². The van der Waals surface area contributed by atoms with Crippen LogP contribution in [0.4, 0.5) is 0 Å². The number of rotatable bonds is 2. The Bertz CT molecular complexity index is 775. The lowest BCUT2D eigenvalue weighted by molar-refractivity contribution is 0.219. The van der Waals surface area contributed by atoms with Gasteiger partial charge in [-0.3, -0.25) is 4.98 Å². The van der Waals surface area contributed by atoms with Crippen molar-refractivity contribution in [1.29, 1.82) is 0 Å². The van der Waals surface area contributed by atoms with E-state index >= 15 is 0 Å². The van der Waals surface area contributed by atoms with Gasteiger partial charge in [-0.2, -0.15) is 0 Å². The first-order valence-electron chi connectivity index (χ1n) is 6.13. The monoisotopic (exact) mass is 439 g/mol. The number of hydrogen-bond acceptors (Lipinski definition) is 2. The van der Waals surface area contributed by atoms with Gasteiger partial charge in [-0.15, -0.1) is 0 Å². The van der Waals surface area contributed by atoms with Gasteiger partial charge in [0, 0.05) is 25.2 Å². The molecule has 0 aliphatic rings.